The molecule has 0 aliphatic carbocycles. The van der Waals surface area contributed by atoms with Crippen LogP contribution in [0.1, 0.15) is 15.9 Å². The molecule has 9 heteroatoms. The highest BCUT2D eigenvalue weighted by molar-refractivity contribution is 7.91. The van der Waals surface area contributed by atoms with E-state index in [2.05, 4.69) is 5.32 Å². The number of hydrogen-bond acceptors (Lipinski definition) is 6. The van der Waals surface area contributed by atoms with Crippen molar-refractivity contribution in [3.8, 4) is 5.75 Å². The maximum absolute atomic E-state index is 12.5. The zero-order valence-electron chi connectivity index (χ0n) is 13.8. The molecule has 0 radical (unpaired) electrons. The van der Waals surface area contributed by atoms with Gasteiger partial charge in [0, 0.05) is 19.1 Å². The third-order valence-electron chi connectivity index (χ3n) is 4.52. The maximum atomic E-state index is 12.5. The van der Waals surface area contributed by atoms with Gasteiger partial charge in [-0.25, -0.2) is 13.2 Å². The second-order valence-corrected chi connectivity index (χ2v) is 8.54. The highest BCUT2D eigenvalue weighted by Gasteiger charge is 2.44. The van der Waals surface area contributed by atoms with E-state index in [9.17, 15) is 23.1 Å². The molecule has 1 amide bonds. The van der Waals surface area contributed by atoms with Gasteiger partial charge in [0.05, 0.1) is 17.5 Å². The standard InChI is InChI=1S/C16H20N2O6S/c1-10-2-3-14(11(6-10)16(20)21)24-7-15(19)18-5-4-17-12-8-25(22,23)9-13(12)18/h2-3,6,12-13,17H,4-5,7-9H2,1H3,(H,20,21)/t12-,13+/m0/s1. The number of sulfone groups is 1. The van der Waals surface area contributed by atoms with Crippen molar-refractivity contribution in [1.82, 2.24) is 10.2 Å². The largest absolute Gasteiger partial charge is 0.483 e. The first kappa shape index (κ1) is 17.7. The first-order valence-electron chi connectivity index (χ1n) is 7.97. The highest BCUT2D eigenvalue weighted by Crippen LogP contribution is 2.23. The second kappa shape index (κ2) is 6.64. The molecule has 2 atom stereocenters. The lowest BCUT2D eigenvalue weighted by Crippen LogP contribution is -2.59. The number of hydrogen-bond donors (Lipinski definition) is 2. The van der Waals surface area contributed by atoms with Crippen LogP contribution in [0.2, 0.25) is 0 Å². The van der Waals surface area contributed by atoms with Gasteiger partial charge in [-0.05, 0) is 19.1 Å². The van der Waals surface area contributed by atoms with E-state index in [1.54, 1.807) is 13.0 Å². The Hall–Kier alpha value is -2.13. The van der Waals surface area contributed by atoms with Crippen molar-refractivity contribution in [2.24, 2.45) is 0 Å². The van der Waals surface area contributed by atoms with Crippen molar-refractivity contribution >= 4 is 21.7 Å². The van der Waals surface area contributed by atoms with Crippen molar-refractivity contribution in [3.63, 3.8) is 0 Å². The number of carboxylic acids is 1. The Morgan fingerprint density at radius 1 is 1.36 bits per heavy atom. The smallest absolute Gasteiger partial charge is 0.339 e. The van der Waals surface area contributed by atoms with Gasteiger partial charge in [0.2, 0.25) is 0 Å². The summed E-state index contributed by atoms with van der Waals surface area (Å²) in [5, 5.41) is 12.4. The summed E-state index contributed by atoms with van der Waals surface area (Å²) in [5.74, 6) is -1.37. The van der Waals surface area contributed by atoms with Crippen LogP contribution < -0.4 is 10.1 Å². The van der Waals surface area contributed by atoms with Gasteiger partial charge in [-0.2, -0.15) is 0 Å². The topological polar surface area (TPSA) is 113 Å². The minimum Gasteiger partial charge on any atom is -0.483 e. The number of carbonyl (C=O) groups is 2. The number of aryl methyl sites for hydroxylation is 1. The Balaban J connectivity index is 1.70. The van der Waals surface area contributed by atoms with Gasteiger partial charge < -0.3 is 20.1 Å². The molecule has 0 spiro atoms. The number of nitrogens with one attached hydrogen (secondary N) is 1. The number of amides is 1. The molecule has 2 heterocycles. The van der Waals surface area contributed by atoms with Gasteiger partial charge in [0.1, 0.15) is 11.3 Å². The van der Waals surface area contributed by atoms with Crippen LogP contribution in [0.4, 0.5) is 0 Å². The van der Waals surface area contributed by atoms with Crippen molar-refractivity contribution in [3.05, 3.63) is 29.3 Å². The summed E-state index contributed by atoms with van der Waals surface area (Å²) >= 11 is 0. The lowest BCUT2D eigenvalue weighted by molar-refractivity contribution is -0.136. The number of carboxylic acid groups (broad SMARTS) is 1. The van der Waals surface area contributed by atoms with E-state index >= 15 is 0 Å². The molecule has 2 aliphatic rings. The van der Waals surface area contributed by atoms with Crippen LogP contribution in [0.3, 0.4) is 0 Å². The summed E-state index contributed by atoms with van der Waals surface area (Å²) in [6, 6.07) is 4.05. The number of piperazine rings is 1. The first-order valence-corrected chi connectivity index (χ1v) is 9.79. The Kier molecular flexibility index (Phi) is 4.70. The molecule has 0 aromatic heterocycles. The SMILES string of the molecule is Cc1ccc(OCC(=O)N2CCN[C@H]3CS(=O)(=O)C[C@H]32)c(C(=O)O)c1. The zero-order valence-corrected chi connectivity index (χ0v) is 14.6. The third kappa shape index (κ3) is 3.77. The Labute approximate surface area is 145 Å². The van der Waals surface area contributed by atoms with E-state index in [-0.39, 0.29) is 41.4 Å². The average Bonchev–Trinajstić information content (AvgIpc) is 2.86. The summed E-state index contributed by atoms with van der Waals surface area (Å²) < 4.78 is 29.1. The van der Waals surface area contributed by atoms with Crippen LogP contribution in [0, 0.1) is 6.92 Å². The molecule has 1 aromatic rings. The molecule has 25 heavy (non-hydrogen) atoms. The van der Waals surface area contributed by atoms with E-state index in [4.69, 9.17) is 4.74 Å². The predicted molar refractivity (Wildman–Crippen MR) is 89.6 cm³/mol. The molecule has 136 valence electrons. The molecule has 2 fully saturated rings. The molecule has 2 N–H and O–H groups in total. The number of nitrogens with zero attached hydrogens (tertiary/aromatic N) is 1. The van der Waals surface area contributed by atoms with E-state index in [1.165, 1.54) is 17.0 Å². The van der Waals surface area contributed by atoms with Gasteiger partial charge >= 0.3 is 5.97 Å². The van der Waals surface area contributed by atoms with E-state index in [0.717, 1.165) is 5.56 Å². The van der Waals surface area contributed by atoms with Crippen LogP contribution in [0.5, 0.6) is 5.75 Å². The zero-order chi connectivity index (χ0) is 18.2. The number of benzene rings is 1. The first-order chi connectivity index (χ1) is 11.8. The Morgan fingerprint density at radius 2 is 2.12 bits per heavy atom. The van der Waals surface area contributed by atoms with Crippen LogP contribution in [-0.2, 0) is 14.6 Å². The molecule has 0 saturated carbocycles. The molecular formula is C16H20N2O6S. The number of rotatable bonds is 4. The van der Waals surface area contributed by atoms with Crippen LogP contribution >= 0.6 is 0 Å². The quantitative estimate of drug-likeness (QED) is 0.748. The molecule has 0 unspecified atom stereocenters. The number of fused-ring (bicyclic) bond motifs is 1. The molecule has 3 rings (SSSR count). The summed E-state index contributed by atoms with van der Waals surface area (Å²) in [4.78, 5) is 25.3. The van der Waals surface area contributed by atoms with Gasteiger partial charge in [-0.1, -0.05) is 11.6 Å². The van der Waals surface area contributed by atoms with E-state index in [0.29, 0.717) is 13.1 Å². The fourth-order valence-electron chi connectivity index (χ4n) is 3.34. The summed E-state index contributed by atoms with van der Waals surface area (Å²) in [5.41, 5.74) is 0.770. The van der Waals surface area contributed by atoms with E-state index in [1.807, 2.05) is 0 Å². The number of carbonyl (C=O) groups excluding carboxylic acids is 1. The molecule has 0 bridgehead atoms. The minimum atomic E-state index is -3.16. The van der Waals surface area contributed by atoms with Crippen LogP contribution in [-0.4, -0.2) is 73.6 Å². The molecule has 1 aromatic carbocycles. The monoisotopic (exact) mass is 368 g/mol. The van der Waals surface area contributed by atoms with Crippen molar-refractivity contribution in [2.45, 2.75) is 19.0 Å². The fraction of sp³-hybridized carbons (Fsp3) is 0.500. The second-order valence-electron chi connectivity index (χ2n) is 6.39. The van der Waals surface area contributed by atoms with E-state index < -0.39 is 21.8 Å². The summed E-state index contributed by atoms with van der Waals surface area (Å²) in [7, 11) is -3.16. The average molecular weight is 368 g/mol. The van der Waals surface area contributed by atoms with Gasteiger partial charge in [0.25, 0.3) is 5.91 Å². The third-order valence-corrected chi connectivity index (χ3v) is 6.24. The number of aromatic carboxylic acids is 1. The highest BCUT2D eigenvalue weighted by atomic mass is 32.2. The fourth-order valence-corrected chi connectivity index (χ4v) is 5.29. The summed E-state index contributed by atoms with van der Waals surface area (Å²) in [6.45, 7) is 2.36. The van der Waals surface area contributed by atoms with Gasteiger partial charge in [0.15, 0.2) is 16.4 Å². The Bertz CT molecular complexity index is 807. The van der Waals surface area contributed by atoms with Crippen molar-refractivity contribution < 1.29 is 27.9 Å². The predicted octanol–water partition coefficient (Wildman–Crippen LogP) is -0.331. The van der Waals surface area contributed by atoms with Crippen molar-refractivity contribution in [1.29, 1.82) is 0 Å². The summed E-state index contributed by atoms with van der Waals surface area (Å²) in [6.07, 6.45) is 0. The molecule has 2 saturated heterocycles. The Morgan fingerprint density at radius 3 is 2.84 bits per heavy atom. The lowest BCUT2D eigenvalue weighted by Gasteiger charge is -2.37. The minimum absolute atomic E-state index is 0.00516. The normalized spacial score (nSPS) is 24.6. The molecule has 2 aliphatic heterocycles. The van der Waals surface area contributed by atoms with Crippen LogP contribution in [0.25, 0.3) is 0 Å². The number of ether oxygens (including phenoxy) is 1. The van der Waals surface area contributed by atoms with Gasteiger partial charge in [-0.15, -0.1) is 0 Å². The van der Waals surface area contributed by atoms with Gasteiger partial charge in [-0.3, -0.25) is 4.79 Å². The van der Waals surface area contributed by atoms with Crippen molar-refractivity contribution in [2.75, 3.05) is 31.2 Å². The lowest BCUT2D eigenvalue weighted by atomic mass is 10.1. The molecule has 8 nitrogen and oxygen atoms in total. The van der Waals surface area contributed by atoms with Crippen LogP contribution in [0.15, 0.2) is 18.2 Å². The molecular weight excluding hydrogens is 348 g/mol. The maximum Gasteiger partial charge on any atom is 0.339 e.